The van der Waals surface area contributed by atoms with Crippen molar-refractivity contribution >= 4 is 27.8 Å². The van der Waals surface area contributed by atoms with Gasteiger partial charge in [-0.2, -0.15) is 5.10 Å². The Labute approximate surface area is 179 Å². The Morgan fingerprint density at radius 2 is 2.00 bits per heavy atom. The van der Waals surface area contributed by atoms with Gasteiger partial charge in [-0.3, -0.25) is 9.48 Å². The van der Waals surface area contributed by atoms with Gasteiger partial charge in [0.1, 0.15) is 23.8 Å². The monoisotopic (exact) mass is 454 g/mol. The molecule has 0 saturated carbocycles. The minimum Gasteiger partial charge on any atom is -0.496 e. The molecule has 1 heterocycles. The van der Waals surface area contributed by atoms with E-state index in [1.807, 2.05) is 56.3 Å². The summed E-state index contributed by atoms with van der Waals surface area (Å²) in [7, 11) is 1.63. The topological polar surface area (TPSA) is 53.4 Å². The molecule has 0 saturated heterocycles. The van der Waals surface area contributed by atoms with E-state index in [1.165, 1.54) is 0 Å². The summed E-state index contributed by atoms with van der Waals surface area (Å²) in [6, 6.07) is 13.6. The van der Waals surface area contributed by atoms with E-state index in [0.29, 0.717) is 23.3 Å². The molecule has 0 N–H and O–H groups in total. The Kier molecular flexibility index (Phi) is 6.88. The van der Waals surface area contributed by atoms with Crippen molar-refractivity contribution in [3.8, 4) is 11.5 Å². The summed E-state index contributed by atoms with van der Waals surface area (Å²) in [6.45, 7) is 4.96. The zero-order chi connectivity index (χ0) is 20.8. The average molecular weight is 455 g/mol. The Morgan fingerprint density at radius 3 is 2.72 bits per heavy atom. The molecule has 2 aromatic carbocycles. The molecule has 5 nitrogen and oxygen atoms in total. The lowest BCUT2D eigenvalue weighted by Crippen LogP contribution is -2.07. The lowest BCUT2D eigenvalue weighted by atomic mass is 10.1. The van der Waals surface area contributed by atoms with Crippen molar-refractivity contribution in [3.63, 3.8) is 0 Å². The number of carbonyl (C=O) groups is 1. The van der Waals surface area contributed by atoms with E-state index in [9.17, 15) is 4.79 Å². The number of rotatable bonds is 8. The third-order valence-electron chi connectivity index (χ3n) is 4.54. The molecule has 29 heavy (non-hydrogen) atoms. The first kappa shape index (κ1) is 20.9. The Balaban J connectivity index is 1.79. The lowest BCUT2D eigenvalue weighted by molar-refractivity contribution is 0.103. The van der Waals surface area contributed by atoms with E-state index in [1.54, 1.807) is 30.1 Å². The fraction of sp³-hybridized carbons (Fsp3) is 0.217. The maximum atomic E-state index is 12.6. The van der Waals surface area contributed by atoms with Crippen LogP contribution in [0, 0.1) is 6.92 Å². The summed E-state index contributed by atoms with van der Waals surface area (Å²) in [5, 5.41) is 4.19. The molecule has 0 radical (unpaired) electrons. The minimum absolute atomic E-state index is 0.107. The maximum Gasteiger partial charge on any atom is 0.205 e. The Morgan fingerprint density at radius 1 is 1.21 bits per heavy atom. The van der Waals surface area contributed by atoms with E-state index in [2.05, 4.69) is 21.0 Å². The molecule has 0 fully saturated rings. The number of ether oxygens (including phenoxy) is 2. The van der Waals surface area contributed by atoms with Crippen molar-refractivity contribution in [1.29, 1.82) is 0 Å². The fourth-order valence-corrected chi connectivity index (χ4v) is 3.48. The minimum atomic E-state index is -0.107. The molecule has 3 aromatic rings. The van der Waals surface area contributed by atoms with Crippen LogP contribution in [0.15, 0.2) is 59.2 Å². The van der Waals surface area contributed by atoms with Gasteiger partial charge in [0.15, 0.2) is 0 Å². The first-order valence-electron chi connectivity index (χ1n) is 9.32. The number of nitrogens with zero attached hydrogens (tertiary/aromatic N) is 2. The van der Waals surface area contributed by atoms with E-state index >= 15 is 0 Å². The van der Waals surface area contributed by atoms with Crippen LogP contribution in [0.25, 0.3) is 6.08 Å². The zero-order valence-electron chi connectivity index (χ0n) is 16.7. The Bertz CT molecular complexity index is 1040. The van der Waals surface area contributed by atoms with Gasteiger partial charge in [-0.1, -0.05) is 30.3 Å². The summed E-state index contributed by atoms with van der Waals surface area (Å²) in [5.41, 5.74) is 3.41. The molecule has 0 aliphatic rings. The third-order valence-corrected chi connectivity index (χ3v) is 5.12. The predicted octanol–water partition coefficient (Wildman–Crippen LogP) is 5.46. The maximum absolute atomic E-state index is 12.6. The summed E-state index contributed by atoms with van der Waals surface area (Å²) in [4.78, 5) is 12.6. The van der Waals surface area contributed by atoms with Gasteiger partial charge in [0, 0.05) is 12.1 Å². The molecular weight excluding hydrogens is 432 g/mol. The second-order valence-corrected chi connectivity index (χ2v) is 7.33. The van der Waals surface area contributed by atoms with E-state index < -0.39 is 0 Å². The zero-order valence-corrected chi connectivity index (χ0v) is 18.3. The molecule has 1 aromatic heterocycles. The number of hydrogen-bond acceptors (Lipinski definition) is 4. The van der Waals surface area contributed by atoms with Crippen molar-refractivity contribution < 1.29 is 14.3 Å². The number of para-hydroxylation sites is 1. The number of halogens is 1. The van der Waals surface area contributed by atoms with Crippen LogP contribution in [0.4, 0.5) is 0 Å². The highest BCUT2D eigenvalue weighted by Crippen LogP contribution is 2.25. The van der Waals surface area contributed by atoms with Crippen molar-refractivity contribution in [1.82, 2.24) is 9.78 Å². The normalized spacial score (nSPS) is 11.0. The van der Waals surface area contributed by atoms with Gasteiger partial charge in [0.2, 0.25) is 5.78 Å². The standard InChI is InChI=1S/C23H23BrN2O3/c1-4-26-23(19(24)14-25-26)20(27)11-9-17-10-12-22(28-3)18(13-17)15-29-21-8-6-5-7-16(21)2/h5-14H,4,15H2,1-3H3/b11-9+. The number of aryl methyl sites for hydroxylation is 2. The third kappa shape index (κ3) is 4.95. The molecule has 0 amide bonds. The van der Waals surface area contributed by atoms with Gasteiger partial charge >= 0.3 is 0 Å². The highest BCUT2D eigenvalue weighted by molar-refractivity contribution is 9.10. The van der Waals surface area contributed by atoms with Crippen LogP contribution < -0.4 is 9.47 Å². The molecule has 0 aliphatic carbocycles. The number of aromatic nitrogens is 2. The summed E-state index contributed by atoms with van der Waals surface area (Å²) in [5.74, 6) is 1.47. The van der Waals surface area contributed by atoms with Crippen LogP contribution in [-0.4, -0.2) is 22.7 Å². The smallest absolute Gasteiger partial charge is 0.205 e. The van der Waals surface area contributed by atoms with Crippen molar-refractivity contribution in [2.24, 2.45) is 0 Å². The van der Waals surface area contributed by atoms with Crippen molar-refractivity contribution in [2.45, 2.75) is 27.0 Å². The predicted molar refractivity (Wildman–Crippen MR) is 117 cm³/mol. The lowest BCUT2D eigenvalue weighted by Gasteiger charge is -2.12. The van der Waals surface area contributed by atoms with Gasteiger partial charge < -0.3 is 9.47 Å². The summed E-state index contributed by atoms with van der Waals surface area (Å²) in [6.07, 6.45) is 4.99. The van der Waals surface area contributed by atoms with Gasteiger partial charge in [0.25, 0.3) is 0 Å². The summed E-state index contributed by atoms with van der Waals surface area (Å²) < 4.78 is 13.8. The quantitative estimate of drug-likeness (QED) is 0.335. The van der Waals surface area contributed by atoms with Gasteiger partial charge in [0.05, 0.1) is 17.8 Å². The molecule has 0 aliphatic heterocycles. The number of allylic oxidation sites excluding steroid dienone is 1. The number of carbonyl (C=O) groups excluding carboxylic acids is 1. The van der Waals surface area contributed by atoms with Gasteiger partial charge in [-0.05, 0) is 65.2 Å². The molecule has 3 rings (SSSR count). The van der Waals surface area contributed by atoms with Gasteiger partial charge in [-0.25, -0.2) is 0 Å². The second kappa shape index (κ2) is 9.56. The van der Waals surface area contributed by atoms with E-state index in [4.69, 9.17) is 9.47 Å². The number of ketones is 1. The number of benzene rings is 2. The van der Waals surface area contributed by atoms with Crippen LogP contribution in [0.1, 0.15) is 34.1 Å². The molecule has 0 spiro atoms. The largest absolute Gasteiger partial charge is 0.496 e. The molecule has 150 valence electrons. The molecule has 0 unspecified atom stereocenters. The summed E-state index contributed by atoms with van der Waals surface area (Å²) >= 11 is 3.39. The van der Waals surface area contributed by atoms with Gasteiger partial charge in [-0.15, -0.1) is 0 Å². The van der Waals surface area contributed by atoms with E-state index in [0.717, 1.165) is 28.2 Å². The van der Waals surface area contributed by atoms with Crippen LogP contribution in [0.5, 0.6) is 11.5 Å². The molecule has 0 bridgehead atoms. The molecular formula is C23H23BrN2O3. The van der Waals surface area contributed by atoms with Crippen LogP contribution in [0.2, 0.25) is 0 Å². The highest BCUT2D eigenvalue weighted by Gasteiger charge is 2.14. The van der Waals surface area contributed by atoms with E-state index in [-0.39, 0.29) is 5.78 Å². The molecule has 0 atom stereocenters. The first-order chi connectivity index (χ1) is 14.0. The fourth-order valence-electron chi connectivity index (χ4n) is 2.99. The first-order valence-corrected chi connectivity index (χ1v) is 10.1. The van der Waals surface area contributed by atoms with Crippen LogP contribution >= 0.6 is 15.9 Å². The average Bonchev–Trinajstić information content (AvgIpc) is 3.12. The highest BCUT2D eigenvalue weighted by atomic mass is 79.9. The number of hydrogen-bond donors (Lipinski definition) is 0. The molecule has 6 heteroatoms. The van der Waals surface area contributed by atoms with Crippen molar-refractivity contribution in [3.05, 3.63) is 81.6 Å². The van der Waals surface area contributed by atoms with Crippen LogP contribution in [-0.2, 0) is 13.2 Å². The number of methoxy groups -OCH3 is 1. The van der Waals surface area contributed by atoms with Crippen LogP contribution in [0.3, 0.4) is 0 Å². The second-order valence-electron chi connectivity index (χ2n) is 6.48. The Hall–Kier alpha value is -2.86. The van der Waals surface area contributed by atoms with Crippen molar-refractivity contribution in [2.75, 3.05) is 7.11 Å². The SMILES string of the molecule is CCn1ncc(Br)c1C(=O)/C=C/c1ccc(OC)c(COc2ccccc2C)c1.